The van der Waals surface area contributed by atoms with Crippen LogP contribution in [0.1, 0.15) is 11.5 Å². The zero-order valence-electron chi connectivity index (χ0n) is 12.8. The van der Waals surface area contributed by atoms with Crippen molar-refractivity contribution in [2.24, 2.45) is 0 Å². The van der Waals surface area contributed by atoms with Crippen molar-refractivity contribution in [1.29, 1.82) is 0 Å². The van der Waals surface area contributed by atoms with E-state index < -0.39 is 0 Å². The second kappa shape index (κ2) is 7.75. The Labute approximate surface area is 148 Å². The molecule has 0 bridgehead atoms. The van der Waals surface area contributed by atoms with Gasteiger partial charge in [-0.3, -0.25) is 9.78 Å². The lowest BCUT2D eigenvalue weighted by molar-refractivity contribution is -0.114. The highest BCUT2D eigenvalue weighted by atomic mass is 79.9. The standard InChI is InChI=1S/C19H15BrN2O2/c20-15-6-8-17(9-7-15)22(14-16-4-1-2-12-21-16)19(23)11-10-18-5-3-13-24-18/h1-13H,14H2/b11-10+. The van der Waals surface area contributed by atoms with Gasteiger partial charge in [0.1, 0.15) is 5.76 Å². The summed E-state index contributed by atoms with van der Waals surface area (Å²) in [5.41, 5.74) is 1.62. The van der Waals surface area contributed by atoms with Crippen LogP contribution in [0.15, 0.2) is 82.0 Å². The number of amides is 1. The number of hydrogen-bond donors (Lipinski definition) is 0. The van der Waals surface area contributed by atoms with E-state index in [0.717, 1.165) is 15.9 Å². The van der Waals surface area contributed by atoms with E-state index in [9.17, 15) is 4.79 Å². The number of pyridine rings is 1. The van der Waals surface area contributed by atoms with Gasteiger partial charge in [0, 0.05) is 22.4 Å². The maximum Gasteiger partial charge on any atom is 0.251 e. The largest absolute Gasteiger partial charge is 0.465 e. The maximum atomic E-state index is 12.7. The smallest absolute Gasteiger partial charge is 0.251 e. The van der Waals surface area contributed by atoms with Gasteiger partial charge in [0.05, 0.1) is 18.5 Å². The van der Waals surface area contributed by atoms with Crippen LogP contribution in [-0.4, -0.2) is 10.9 Å². The highest BCUT2D eigenvalue weighted by Gasteiger charge is 2.14. The number of nitrogens with zero attached hydrogens (tertiary/aromatic N) is 2. The molecule has 3 aromatic rings. The van der Waals surface area contributed by atoms with E-state index in [4.69, 9.17) is 4.42 Å². The minimum absolute atomic E-state index is 0.139. The van der Waals surface area contributed by atoms with Crippen LogP contribution in [0.4, 0.5) is 5.69 Å². The van der Waals surface area contributed by atoms with Gasteiger partial charge < -0.3 is 9.32 Å². The first-order chi connectivity index (χ1) is 11.7. The molecule has 0 spiro atoms. The Hall–Kier alpha value is -2.66. The summed E-state index contributed by atoms with van der Waals surface area (Å²) in [6, 6.07) is 16.8. The van der Waals surface area contributed by atoms with Crippen LogP contribution in [0, 0.1) is 0 Å². The van der Waals surface area contributed by atoms with Gasteiger partial charge in [-0.15, -0.1) is 0 Å². The van der Waals surface area contributed by atoms with Crippen molar-refractivity contribution >= 4 is 33.6 Å². The van der Waals surface area contributed by atoms with Gasteiger partial charge in [-0.25, -0.2) is 0 Å². The Morgan fingerprint density at radius 1 is 1.12 bits per heavy atom. The fourth-order valence-corrected chi connectivity index (χ4v) is 2.46. The normalized spacial score (nSPS) is 10.9. The van der Waals surface area contributed by atoms with Gasteiger partial charge in [0.15, 0.2) is 0 Å². The molecule has 0 aliphatic carbocycles. The van der Waals surface area contributed by atoms with Crippen LogP contribution in [0.2, 0.25) is 0 Å². The zero-order chi connectivity index (χ0) is 16.8. The quantitative estimate of drug-likeness (QED) is 0.601. The van der Waals surface area contributed by atoms with Crippen LogP contribution in [-0.2, 0) is 11.3 Å². The van der Waals surface area contributed by atoms with Gasteiger partial charge >= 0.3 is 0 Å². The molecule has 5 heteroatoms. The molecule has 24 heavy (non-hydrogen) atoms. The monoisotopic (exact) mass is 382 g/mol. The van der Waals surface area contributed by atoms with E-state index in [0.29, 0.717) is 12.3 Å². The SMILES string of the molecule is O=C(/C=C/c1ccco1)N(Cc1ccccn1)c1ccc(Br)cc1. The summed E-state index contributed by atoms with van der Waals surface area (Å²) in [6.07, 6.45) is 6.46. The Morgan fingerprint density at radius 3 is 2.62 bits per heavy atom. The molecule has 0 N–H and O–H groups in total. The maximum absolute atomic E-state index is 12.7. The number of halogens is 1. The van der Waals surface area contributed by atoms with E-state index in [1.165, 1.54) is 6.08 Å². The zero-order valence-corrected chi connectivity index (χ0v) is 14.4. The van der Waals surface area contributed by atoms with Crippen molar-refractivity contribution in [3.05, 3.63) is 89.1 Å². The molecule has 1 aromatic carbocycles. The second-order valence-electron chi connectivity index (χ2n) is 5.07. The Bertz CT molecular complexity index is 812. The molecular weight excluding hydrogens is 368 g/mol. The number of carbonyl (C=O) groups is 1. The lowest BCUT2D eigenvalue weighted by Gasteiger charge is -2.21. The van der Waals surface area contributed by atoms with E-state index in [-0.39, 0.29) is 5.91 Å². The van der Waals surface area contributed by atoms with E-state index in [1.807, 2.05) is 42.5 Å². The molecule has 4 nitrogen and oxygen atoms in total. The summed E-state index contributed by atoms with van der Waals surface area (Å²) in [7, 11) is 0. The third kappa shape index (κ3) is 4.20. The first kappa shape index (κ1) is 16.2. The van der Waals surface area contributed by atoms with Gasteiger partial charge in [-0.1, -0.05) is 22.0 Å². The van der Waals surface area contributed by atoms with Crippen molar-refractivity contribution in [3.63, 3.8) is 0 Å². The van der Waals surface area contributed by atoms with Gasteiger partial charge in [-0.05, 0) is 54.6 Å². The highest BCUT2D eigenvalue weighted by Crippen LogP contribution is 2.21. The fourth-order valence-electron chi connectivity index (χ4n) is 2.20. The van der Waals surface area contributed by atoms with Crippen molar-refractivity contribution < 1.29 is 9.21 Å². The van der Waals surface area contributed by atoms with Crippen molar-refractivity contribution in [2.75, 3.05) is 4.90 Å². The summed E-state index contributed by atoms with van der Waals surface area (Å²) in [5, 5.41) is 0. The summed E-state index contributed by atoms with van der Waals surface area (Å²) in [6.45, 7) is 0.393. The summed E-state index contributed by atoms with van der Waals surface area (Å²) in [4.78, 5) is 18.7. The Kier molecular flexibility index (Phi) is 5.23. The molecule has 0 fully saturated rings. The minimum Gasteiger partial charge on any atom is -0.465 e. The molecule has 0 saturated heterocycles. The summed E-state index contributed by atoms with van der Waals surface area (Å²) < 4.78 is 6.19. The van der Waals surface area contributed by atoms with E-state index in [1.54, 1.807) is 35.6 Å². The molecule has 3 rings (SSSR count). The molecule has 0 unspecified atom stereocenters. The topological polar surface area (TPSA) is 46.3 Å². The highest BCUT2D eigenvalue weighted by molar-refractivity contribution is 9.10. The average molecular weight is 383 g/mol. The molecular formula is C19H15BrN2O2. The molecule has 1 amide bonds. The summed E-state index contributed by atoms with van der Waals surface area (Å²) in [5.74, 6) is 0.497. The number of carbonyl (C=O) groups excluding carboxylic acids is 1. The molecule has 120 valence electrons. The van der Waals surface area contributed by atoms with Crippen molar-refractivity contribution in [3.8, 4) is 0 Å². The number of hydrogen-bond acceptors (Lipinski definition) is 3. The lowest BCUT2D eigenvalue weighted by atomic mass is 10.2. The van der Waals surface area contributed by atoms with Crippen LogP contribution < -0.4 is 4.90 Å². The first-order valence-electron chi connectivity index (χ1n) is 7.41. The number of furan rings is 1. The van der Waals surface area contributed by atoms with Crippen molar-refractivity contribution in [1.82, 2.24) is 4.98 Å². The van der Waals surface area contributed by atoms with Crippen LogP contribution in [0.5, 0.6) is 0 Å². The molecule has 0 aliphatic rings. The molecule has 0 atom stereocenters. The number of benzene rings is 1. The molecule has 2 aromatic heterocycles. The number of aromatic nitrogens is 1. The average Bonchev–Trinajstić information content (AvgIpc) is 3.13. The predicted octanol–water partition coefficient (Wildman–Crippen LogP) is 4.68. The second-order valence-corrected chi connectivity index (χ2v) is 5.99. The van der Waals surface area contributed by atoms with E-state index >= 15 is 0 Å². The van der Waals surface area contributed by atoms with Gasteiger partial charge in [0.25, 0.3) is 5.91 Å². The van der Waals surface area contributed by atoms with E-state index in [2.05, 4.69) is 20.9 Å². The Balaban J connectivity index is 1.86. The third-order valence-electron chi connectivity index (χ3n) is 3.38. The minimum atomic E-state index is -0.139. The fraction of sp³-hybridized carbons (Fsp3) is 0.0526. The third-order valence-corrected chi connectivity index (χ3v) is 3.91. The van der Waals surface area contributed by atoms with Crippen molar-refractivity contribution in [2.45, 2.75) is 6.54 Å². The Morgan fingerprint density at radius 2 is 1.96 bits per heavy atom. The predicted molar refractivity (Wildman–Crippen MR) is 97.3 cm³/mol. The lowest BCUT2D eigenvalue weighted by Crippen LogP contribution is -2.29. The van der Waals surface area contributed by atoms with Gasteiger partial charge in [0.2, 0.25) is 0 Å². The molecule has 2 heterocycles. The molecule has 0 radical (unpaired) electrons. The number of rotatable bonds is 5. The molecule has 0 aliphatic heterocycles. The van der Waals surface area contributed by atoms with Crippen LogP contribution >= 0.6 is 15.9 Å². The first-order valence-corrected chi connectivity index (χ1v) is 8.20. The van der Waals surface area contributed by atoms with Crippen LogP contribution in [0.3, 0.4) is 0 Å². The van der Waals surface area contributed by atoms with Gasteiger partial charge in [-0.2, -0.15) is 0 Å². The van der Waals surface area contributed by atoms with Crippen LogP contribution in [0.25, 0.3) is 6.08 Å². The number of anilines is 1. The summed E-state index contributed by atoms with van der Waals surface area (Å²) >= 11 is 3.41. The molecule has 0 saturated carbocycles.